The maximum absolute atomic E-state index is 11.3. The number of hydrogen-bond acceptors (Lipinski definition) is 5. The first kappa shape index (κ1) is 12.3. The van der Waals surface area contributed by atoms with Crippen LogP contribution >= 0.6 is 11.6 Å². The fraction of sp³-hybridized carbons (Fsp3) is 0.0833. The van der Waals surface area contributed by atoms with E-state index in [2.05, 4.69) is 14.7 Å². The Hall–Kier alpha value is -2.14. The number of ether oxygens (including phenoxy) is 2. The van der Waals surface area contributed by atoms with Crippen molar-refractivity contribution >= 4 is 17.6 Å². The highest BCUT2D eigenvalue weighted by atomic mass is 35.5. The molecule has 0 spiro atoms. The second kappa shape index (κ2) is 5.46. The van der Waals surface area contributed by atoms with Crippen molar-refractivity contribution in [3.8, 4) is 11.6 Å². The molecule has 1 aromatic heterocycles. The third-order valence-corrected chi connectivity index (χ3v) is 2.30. The number of esters is 1. The summed E-state index contributed by atoms with van der Waals surface area (Å²) in [6, 6.07) is 6.76. The fourth-order valence-corrected chi connectivity index (χ4v) is 1.35. The number of aromatic nitrogens is 2. The van der Waals surface area contributed by atoms with Crippen LogP contribution in [0.25, 0.3) is 0 Å². The normalized spacial score (nSPS) is 9.89. The van der Waals surface area contributed by atoms with Gasteiger partial charge >= 0.3 is 5.97 Å². The van der Waals surface area contributed by atoms with Gasteiger partial charge in [0.25, 0.3) is 0 Å². The van der Waals surface area contributed by atoms with Crippen molar-refractivity contribution in [2.75, 3.05) is 7.11 Å². The summed E-state index contributed by atoms with van der Waals surface area (Å²) in [6.45, 7) is 0. The topological polar surface area (TPSA) is 61.3 Å². The first-order chi connectivity index (χ1) is 8.69. The van der Waals surface area contributed by atoms with Crippen LogP contribution in [-0.4, -0.2) is 23.0 Å². The Morgan fingerprint density at radius 1 is 1.22 bits per heavy atom. The first-order valence-corrected chi connectivity index (χ1v) is 5.40. The zero-order chi connectivity index (χ0) is 13.0. The highest BCUT2D eigenvalue weighted by Crippen LogP contribution is 2.21. The van der Waals surface area contributed by atoms with Crippen molar-refractivity contribution in [1.29, 1.82) is 0 Å². The van der Waals surface area contributed by atoms with Gasteiger partial charge in [-0.15, -0.1) is 0 Å². The van der Waals surface area contributed by atoms with Gasteiger partial charge in [0.2, 0.25) is 5.88 Å². The summed E-state index contributed by atoms with van der Waals surface area (Å²) < 4.78 is 9.97. The van der Waals surface area contributed by atoms with Crippen LogP contribution in [0.5, 0.6) is 11.6 Å². The molecule has 5 nitrogen and oxygen atoms in total. The highest BCUT2D eigenvalue weighted by Gasteiger charge is 2.09. The summed E-state index contributed by atoms with van der Waals surface area (Å²) in [6.07, 6.45) is 2.71. The predicted octanol–water partition coefficient (Wildman–Crippen LogP) is 2.71. The third-order valence-electron chi connectivity index (χ3n) is 2.04. The molecule has 0 atom stereocenters. The number of carbonyl (C=O) groups excluding carboxylic acids is 1. The van der Waals surface area contributed by atoms with Crippen molar-refractivity contribution in [1.82, 2.24) is 9.97 Å². The largest absolute Gasteiger partial charge is 0.464 e. The van der Waals surface area contributed by atoms with Gasteiger partial charge in [-0.1, -0.05) is 11.6 Å². The smallest absolute Gasteiger partial charge is 0.358 e. The predicted molar refractivity (Wildman–Crippen MR) is 64.9 cm³/mol. The van der Waals surface area contributed by atoms with E-state index in [9.17, 15) is 4.79 Å². The summed E-state index contributed by atoms with van der Waals surface area (Å²) in [5, 5.41) is 0.608. The quantitative estimate of drug-likeness (QED) is 0.798. The number of rotatable bonds is 3. The van der Waals surface area contributed by atoms with Crippen LogP contribution in [0.15, 0.2) is 36.7 Å². The molecule has 0 aliphatic carbocycles. The Bertz CT molecular complexity index is 558. The Morgan fingerprint density at radius 3 is 2.61 bits per heavy atom. The lowest BCUT2D eigenvalue weighted by Crippen LogP contribution is -2.05. The maximum atomic E-state index is 11.3. The molecule has 0 bridgehead atoms. The van der Waals surface area contributed by atoms with Gasteiger partial charge in [0.1, 0.15) is 5.75 Å². The van der Waals surface area contributed by atoms with Crippen molar-refractivity contribution in [3.63, 3.8) is 0 Å². The van der Waals surface area contributed by atoms with E-state index in [4.69, 9.17) is 16.3 Å². The molecule has 2 rings (SSSR count). The average Bonchev–Trinajstić information content (AvgIpc) is 2.41. The number of methoxy groups -OCH3 is 1. The lowest BCUT2D eigenvalue weighted by Gasteiger charge is -2.05. The van der Waals surface area contributed by atoms with Crippen LogP contribution in [0.4, 0.5) is 0 Å². The van der Waals surface area contributed by atoms with Crippen molar-refractivity contribution in [2.45, 2.75) is 0 Å². The van der Waals surface area contributed by atoms with Gasteiger partial charge in [0.15, 0.2) is 5.69 Å². The molecule has 92 valence electrons. The molecule has 0 saturated carbocycles. The molecule has 18 heavy (non-hydrogen) atoms. The number of hydrogen-bond donors (Lipinski definition) is 0. The standard InChI is InChI=1S/C12H9ClN2O3/c1-17-12(16)10-6-14-7-11(15-10)18-9-4-2-8(13)3-5-9/h2-7H,1H3. The second-order valence-electron chi connectivity index (χ2n) is 3.29. The monoisotopic (exact) mass is 264 g/mol. The summed E-state index contributed by atoms with van der Waals surface area (Å²) in [5.41, 5.74) is 0.0870. The molecular weight excluding hydrogens is 256 g/mol. The van der Waals surface area contributed by atoms with Gasteiger partial charge < -0.3 is 9.47 Å². The van der Waals surface area contributed by atoms with Crippen LogP contribution in [0.1, 0.15) is 10.5 Å². The Morgan fingerprint density at radius 2 is 1.94 bits per heavy atom. The molecule has 0 fully saturated rings. The Kier molecular flexibility index (Phi) is 3.74. The van der Waals surface area contributed by atoms with Gasteiger partial charge in [0.05, 0.1) is 19.5 Å². The molecule has 6 heteroatoms. The van der Waals surface area contributed by atoms with Crippen LogP contribution in [0.3, 0.4) is 0 Å². The van der Waals surface area contributed by atoms with Gasteiger partial charge in [-0.25, -0.2) is 9.78 Å². The highest BCUT2D eigenvalue weighted by molar-refractivity contribution is 6.30. The molecule has 0 amide bonds. The molecule has 0 radical (unpaired) electrons. The number of carbonyl (C=O) groups is 1. The molecular formula is C12H9ClN2O3. The number of halogens is 1. The van der Waals surface area contributed by atoms with E-state index in [0.29, 0.717) is 10.8 Å². The Balaban J connectivity index is 2.19. The average molecular weight is 265 g/mol. The molecule has 0 aliphatic heterocycles. The van der Waals surface area contributed by atoms with E-state index in [-0.39, 0.29) is 11.6 Å². The summed E-state index contributed by atoms with van der Waals surface area (Å²) in [7, 11) is 1.27. The van der Waals surface area contributed by atoms with Crippen LogP contribution in [-0.2, 0) is 4.74 Å². The second-order valence-corrected chi connectivity index (χ2v) is 3.73. The summed E-state index contributed by atoms with van der Waals surface area (Å²) in [5.74, 6) is 0.194. The van der Waals surface area contributed by atoms with Crippen LogP contribution < -0.4 is 4.74 Å². The lowest BCUT2D eigenvalue weighted by molar-refractivity contribution is 0.0592. The van der Waals surface area contributed by atoms with E-state index in [1.807, 2.05) is 0 Å². The first-order valence-electron chi connectivity index (χ1n) is 5.03. The van der Waals surface area contributed by atoms with Crippen LogP contribution in [0, 0.1) is 0 Å². The van der Waals surface area contributed by atoms with Gasteiger partial charge in [-0.05, 0) is 24.3 Å². The van der Waals surface area contributed by atoms with Crippen LogP contribution in [0.2, 0.25) is 5.02 Å². The molecule has 2 aromatic rings. The minimum atomic E-state index is -0.566. The minimum Gasteiger partial charge on any atom is -0.464 e. The van der Waals surface area contributed by atoms with E-state index in [1.165, 1.54) is 19.5 Å². The third kappa shape index (κ3) is 2.95. The lowest BCUT2D eigenvalue weighted by atomic mass is 10.3. The van der Waals surface area contributed by atoms with Crippen molar-refractivity contribution in [3.05, 3.63) is 47.4 Å². The zero-order valence-corrected chi connectivity index (χ0v) is 10.2. The maximum Gasteiger partial charge on any atom is 0.358 e. The minimum absolute atomic E-state index is 0.0870. The van der Waals surface area contributed by atoms with E-state index in [0.717, 1.165) is 0 Å². The van der Waals surface area contributed by atoms with Crippen molar-refractivity contribution < 1.29 is 14.3 Å². The summed E-state index contributed by atoms with van der Waals surface area (Å²) in [4.78, 5) is 19.1. The molecule has 0 unspecified atom stereocenters. The molecule has 0 N–H and O–H groups in total. The fourth-order valence-electron chi connectivity index (χ4n) is 1.22. The van der Waals surface area contributed by atoms with E-state index < -0.39 is 5.97 Å². The van der Waals surface area contributed by atoms with Crippen molar-refractivity contribution in [2.24, 2.45) is 0 Å². The van der Waals surface area contributed by atoms with Gasteiger partial charge in [-0.3, -0.25) is 4.98 Å². The van der Waals surface area contributed by atoms with E-state index >= 15 is 0 Å². The molecule has 0 aliphatic rings. The molecule has 1 heterocycles. The molecule has 1 aromatic carbocycles. The Labute approximate surface area is 108 Å². The van der Waals surface area contributed by atoms with Gasteiger partial charge in [-0.2, -0.15) is 0 Å². The van der Waals surface area contributed by atoms with E-state index in [1.54, 1.807) is 24.3 Å². The number of nitrogens with zero attached hydrogens (tertiary/aromatic N) is 2. The van der Waals surface area contributed by atoms with Gasteiger partial charge in [0, 0.05) is 5.02 Å². The number of benzene rings is 1. The zero-order valence-electron chi connectivity index (χ0n) is 9.46. The molecule has 0 saturated heterocycles. The SMILES string of the molecule is COC(=O)c1cncc(Oc2ccc(Cl)cc2)n1. The summed E-state index contributed by atoms with van der Waals surface area (Å²) >= 11 is 5.76.